The molecule has 0 saturated carbocycles. The van der Waals surface area contributed by atoms with E-state index in [4.69, 9.17) is 33.2 Å². The average Bonchev–Trinajstić information content (AvgIpc) is 3.41. The lowest BCUT2D eigenvalue weighted by molar-refractivity contribution is -0.0893. The van der Waals surface area contributed by atoms with E-state index in [-0.39, 0.29) is 24.7 Å². The van der Waals surface area contributed by atoms with Gasteiger partial charge in [0.25, 0.3) is 0 Å². The van der Waals surface area contributed by atoms with Gasteiger partial charge in [-0.15, -0.1) is 0 Å². The summed E-state index contributed by atoms with van der Waals surface area (Å²) in [6, 6.07) is 19.6. The van der Waals surface area contributed by atoms with Crippen LogP contribution in [0.25, 0.3) is 0 Å². The summed E-state index contributed by atoms with van der Waals surface area (Å²) in [5, 5.41) is 2.73. The standard InChI is InChI=1S/C33H41NO10S/c1-6-41-31-28(42-18-12-17-34-32(35)43-21-23-13-8-7-9-14-23)22-44-33(31,25-15-10-11-16-29(25)45(5,36)37)24-19-26(38-2)30(40-4)27(20-24)39-3/h7-11,13-16,19-20,28,31H,6,12,17-18,21-22H2,1-5H3,(H,34,35). The predicted octanol–water partition coefficient (Wildman–Crippen LogP) is 4.50. The molecule has 244 valence electrons. The molecule has 1 aliphatic heterocycles. The van der Waals surface area contributed by atoms with E-state index in [1.807, 2.05) is 37.3 Å². The molecule has 45 heavy (non-hydrogen) atoms. The topological polar surface area (TPSA) is 128 Å². The number of carbonyl (C=O) groups is 1. The van der Waals surface area contributed by atoms with Crippen LogP contribution in [0.5, 0.6) is 17.2 Å². The summed E-state index contributed by atoms with van der Waals surface area (Å²) in [5.74, 6) is 1.12. The summed E-state index contributed by atoms with van der Waals surface area (Å²) < 4.78 is 67.4. The Morgan fingerprint density at radius 3 is 2.24 bits per heavy atom. The van der Waals surface area contributed by atoms with Crippen molar-refractivity contribution in [2.24, 2.45) is 0 Å². The van der Waals surface area contributed by atoms with Crippen molar-refractivity contribution in [2.75, 3.05) is 54.0 Å². The van der Waals surface area contributed by atoms with E-state index in [0.717, 1.165) is 11.8 Å². The van der Waals surface area contributed by atoms with Gasteiger partial charge in [0.05, 0.1) is 32.8 Å². The molecule has 1 N–H and O–H groups in total. The van der Waals surface area contributed by atoms with E-state index in [9.17, 15) is 13.2 Å². The Labute approximate surface area is 264 Å². The van der Waals surface area contributed by atoms with Gasteiger partial charge in [-0.25, -0.2) is 13.2 Å². The third kappa shape index (κ3) is 7.70. The molecule has 1 heterocycles. The van der Waals surface area contributed by atoms with Gasteiger partial charge in [-0.1, -0.05) is 48.5 Å². The smallest absolute Gasteiger partial charge is 0.407 e. The Morgan fingerprint density at radius 2 is 1.62 bits per heavy atom. The fraction of sp³-hybridized carbons (Fsp3) is 0.424. The summed E-state index contributed by atoms with van der Waals surface area (Å²) in [5.41, 5.74) is 0.411. The molecule has 0 aliphatic carbocycles. The maximum Gasteiger partial charge on any atom is 0.407 e. The van der Waals surface area contributed by atoms with Crippen LogP contribution in [0, 0.1) is 0 Å². The number of nitrogens with one attached hydrogen (secondary N) is 1. The third-order valence-electron chi connectivity index (χ3n) is 7.48. The van der Waals surface area contributed by atoms with Gasteiger partial charge >= 0.3 is 6.09 Å². The maximum atomic E-state index is 13.1. The summed E-state index contributed by atoms with van der Waals surface area (Å²) in [6.07, 6.45) is -0.217. The minimum atomic E-state index is -3.69. The van der Waals surface area contributed by atoms with Crippen LogP contribution in [0.2, 0.25) is 0 Å². The molecule has 0 radical (unpaired) electrons. The molecule has 3 aromatic carbocycles. The molecular formula is C33H41NO10S. The molecule has 0 aromatic heterocycles. The summed E-state index contributed by atoms with van der Waals surface area (Å²) in [7, 11) is 0.828. The number of methoxy groups -OCH3 is 3. The molecule has 11 nitrogen and oxygen atoms in total. The molecule has 3 unspecified atom stereocenters. The molecule has 1 fully saturated rings. The first kappa shape index (κ1) is 34.0. The zero-order valence-corrected chi connectivity index (χ0v) is 27.1. The Kier molecular flexibility index (Phi) is 11.7. The molecule has 1 amide bonds. The second-order valence-corrected chi connectivity index (χ2v) is 12.3. The van der Waals surface area contributed by atoms with E-state index >= 15 is 0 Å². The first-order valence-electron chi connectivity index (χ1n) is 14.6. The number of hydrogen-bond acceptors (Lipinski definition) is 10. The molecular weight excluding hydrogens is 602 g/mol. The molecule has 1 aliphatic rings. The number of alkyl carbamates (subject to hydrolysis) is 1. The number of amides is 1. The average molecular weight is 644 g/mol. The molecule has 3 atom stereocenters. The minimum absolute atomic E-state index is 0.0994. The number of rotatable bonds is 15. The highest BCUT2D eigenvalue weighted by atomic mass is 32.2. The van der Waals surface area contributed by atoms with Crippen LogP contribution in [0.15, 0.2) is 71.6 Å². The van der Waals surface area contributed by atoms with Crippen molar-refractivity contribution in [1.29, 1.82) is 0 Å². The van der Waals surface area contributed by atoms with E-state index < -0.39 is 33.7 Å². The third-order valence-corrected chi connectivity index (χ3v) is 8.63. The van der Waals surface area contributed by atoms with Crippen molar-refractivity contribution in [3.05, 3.63) is 83.4 Å². The molecule has 3 aromatic rings. The van der Waals surface area contributed by atoms with Crippen molar-refractivity contribution in [3.63, 3.8) is 0 Å². The summed E-state index contributed by atoms with van der Waals surface area (Å²) in [6.45, 7) is 3.03. The molecule has 0 spiro atoms. The Balaban J connectivity index is 1.60. The first-order valence-corrected chi connectivity index (χ1v) is 16.5. The second-order valence-electron chi connectivity index (χ2n) is 10.4. The van der Waals surface area contributed by atoms with Gasteiger partial charge in [0.2, 0.25) is 5.75 Å². The largest absolute Gasteiger partial charge is 0.493 e. The number of hydrogen-bond donors (Lipinski definition) is 1. The molecule has 1 saturated heterocycles. The van der Waals surface area contributed by atoms with Gasteiger partial charge in [-0.2, -0.15) is 0 Å². The van der Waals surface area contributed by atoms with Crippen LogP contribution in [-0.2, 0) is 41.0 Å². The van der Waals surface area contributed by atoms with Crippen molar-refractivity contribution < 1.29 is 46.4 Å². The van der Waals surface area contributed by atoms with Crippen molar-refractivity contribution in [1.82, 2.24) is 5.32 Å². The van der Waals surface area contributed by atoms with E-state index in [0.29, 0.717) is 47.9 Å². The predicted molar refractivity (Wildman–Crippen MR) is 167 cm³/mol. The number of benzene rings is 3. The normalized spacial score (nSPS) is 19.6. The zero-order valence-electron chi connectivity index (χ0n) is 26.2. The monoisotopic (exact) mass is 643 g/mol. The van der Waals surface area contributed by atoms with Gasteiger partial charge in [-0.3, -0.25) is 0 Å². The van der Waals surface area contributed by atoms with Gasteiger partial charge in [0.15, 0.2) is 21.3 Å². The zero-order chi connectivity index (χ0) is 32.5. The SMILES string of the molecule is CCOC1C(OCCCNC(=O)OCc2ccccc2)COC1(c1cc(OC)c(OC)c(OC)c1)c1ccccc1S(C)(=O)=O. The number of ether oxygens (including phenoxy) is 7. The lowest BCUT2D eigenvalue weighted by Gasteiger charge is -2.37. The Hall–Kier alpha value is -3.84. The first-order chi connectivity index (χ1) is 21.7. The van der Waals surface area contributed by atoms with Gasteiger partial charge in [0.1, 0.15) is 24.4 Å². The minimum Gasteiger partial charge on any atom is -0.493 e. The lowest BCUT2D eigenvalue weighted by atomic mass is 9.80. The molecule has 0 bridgehead atoms. The van der Waals surface area contributed by atoms with E-state index in [1.165, 1.54) is 21.3 Å². The number of sulfone groups is 1. The molecule has 12 heteroatoms. The van der Waals surface area contributed by atoms with Crippen molar-refractivity contribution in [3.8, 4) is 17.2 Å². The van der Waals surface area contributed by atoms with E-state index in [2.05, 4.69) is 5.32 Å². The van der Waals surface area contributed by atoms with Crippen LogP contribution >= 0.6 is 0 Å². The molecule has 4 rings (SSSR count). The fourth-order valence-electron chi connectivity index (χ4n) is 5.48. The second kappa shape index (κ2) is 15.4. The van der Waals surface area contributed by atoms with Crippen molar-refractivity contribution >= 4 is 15.9 Å². The van der Waals surface area contributed by atoms with Crippen molar-refractivity contribution in [2.45, 2.75) is 42.7 Å². The quantitative estimate of drug-likeness (QED) is 0.237. The van der Waals surface area contributed by atoms with Gasteiger partial charge in [0, 0.05) is 31.6 Å². The van der Waals surface area contributed by atoms with Gasteiger partial charge < -0.3 is 38.5 Å². The maximum absolute atomic E-state index is 13.1. The van der Waals surface area contributed by atoms with Crippen LogP contribution in [0.4, 0.5) is 4.79 Å². The van der Waals surface area contributed by atoms with Crippen LogP contribution < -0.4 is 19.5 Å². The highest BCUT2D eigenvalue weighted by Gasteiger charge is 2.56. The Bertz CT molecular complexity index is 1510. The summed E-state index contributed by atoms with van der Waals surface area (Å²) in [4.78, 5) is 12.2. The lowest BCUT2D eigenvalue weighted by Crippen LogP contribution is -2.45. The summed E-state index contributed by atoms with van der Waals surface area (Å²) >= 11 is 0. The van der Waals surface area contributed by atoms with E-state index in [1.54, 1.807) is 36.4 Å². The Morgan fingerprint density at radius 1 is 0.956 bits per heavy atom. The van der Waals surface area contributed by atoms with Crippen LogP contribution in [0.1, 0.15) is 30.0 Å². The van der Waals surface area contributed by atoms with Crippen LogP contribution in [-0.4, -0.2) is 80.7 Å². The number of carbonyl (C=O) groups excluding carboxylic acids is 1. The van der Waals surface area contributed by atoms with Crippen LogP contribution in [0.3, 0.4) is 0 Å². The fourth-order valence-corrected chi connectivity index (χ4v) is 6.43. The highest BCUT2D eigenvalue weighted by Crippen LogP contribution is 2.51. The highest BCUT2D eigenvalue weighted by molar-refractivity contribution is 7.90. The van der Waals surface area contributed by atoms with Gasteiger partial charge in [-0.05, 0) is 42.7 Å².